The first-order valence-corrected chi connectivity index (χ1v) is 15.5. The van der Waals surface area contributed by atoms with Gasteiger partial charge >= 0.3 is 0 Å². The zero-order chi connectivity index (χ0) is 24.3. The highest BCUT2D eigenvalue weighted by atomic mass is 32.1. The van der Waals surface area contributed by atoms with Crippen LogP contribution in [-0.4, -0.2) is 60.9 Å². The molecule has 11 nitrogen and oxygen atoms in total. The van der Waals surface area contributed by atoms with Crippen molar-refractivity contribution in [2.75, 3.05) is 6.61 Å². The fourth-order valence-corrected chi connectivity index (χ4v) is 5.30. The number of ether oxygens (including phenoxy) is 1. The fraction of sp³-hybridized carbons (Fsp3) is 0.429. The van der Waals surface area contributed by atoms with Gasteiger partial charge in [0.15, 0.2) is 5.65 Å². The maximum atomic E-state index is 13.0. The molecule has 0 saturated heterocycles. The quantitative estimate of drug-likeness (QED) is 0.185. The summed E-state index contributed by atoms with van der Waals surface area (Å²) in [7, 11) is 0.671. The molecule has 4 aromatic rings. The number of nitrogens with zero attached hydrogens (tertiary/aromatic N) is 7. The molecule has 0 spiro atoms. The number of rotatable bonds is 11. The molecule has 2 N–H and O–H groups in total. The van der Waals surface area contributed by atoms with E-state index in [1.807, 2.05) is 12.3 Å². The molecule has 4 heterocycles. The highest BCUT2D eigenvalue weighted by Gasteiger charge is 2.23. The van der Waals surface area contributed by atoms with Crippen LogP contribution in [0.4, 0.5) is 0 Å². The van der Waals surface area contributed by atoms with Gasteiger partial charge in [-0.2, -0.15) is 10.2 Å². The Balaban J connectivity index is 1.39. The Morgan fingerprint density at radius 1 is 1.32 bits per heavy atom. The Labute approximate surface area is 202 Å². The number of amides is 1. The molecule has 0 aromatic carbocycles. The SMILES string of the molecule is Cn1c(C(=O)NCc2ccn(COCC[Si](C)(C)C)n2)c(C=N)c2sc(Cn3cncn3)nc21. The number of carbonyl (C=O) groups excluding carboxylic acids is 1. The minimum absolute atomic E-state index is 0.273. The number of hydrogen-bond donors (Lipinski definition) is 2. The average molecular weight is 500 g/mol. The van der Waals surface area contributed by atoms with Gasteiger partial charge in [0.2, 0.25) is 0 Å². The molecule has 4 aromatic heterocycles. The molecule has 0 saturated carbocycles. The normalized spacial score (nSPS) is 11.9. The minimum Gasteiger partial charge on any atom is -0.360 e. The summed E-state index contributed by atoms with van der Waals surface area (Å²) in [5.41, 5.74) is 2.37. The van der Waals surface area contributed by atoms with Gasteiger partial charge in [0.25, 0.3) is 5.91 Å². The highest BCUT2D eigenvalue weighted by Crippen LogP contribution is 2.30. The van der Waals surface area contributed by atoms with Gasteiger partial charge in [0, 0.05) is 39.7 Å². The molecule has 4 rings (SSSR count). The summed E-state index contributed by atoms with van der Waals surface area (Å²) in [5.74, 6) is -0.273. The van der Waals surface area contributed by atoms with Crippen molar-refractivity contribution in [3.05, 3.63) is 46.9 Å². The lowest BCUT2D eigenvalue weighted by atomic mass is 10.2. The van der Waals surface area contributed by atoms with Gasteiger partial charge in [0.1, 0.15) is 30.1 Å². The van der Waals surface area contributed by atoms with Gasteiger partial charge in [-0.05, 0) is 12.1 Å². The topological polar surface area (TPSA) is 129 Å². The van der Waals surface area contributed by atoms with Crippen LogP contribution in [0.15, 0.2) is 24.9 Å². The van der Waals surface area contributed by atoms with E-state index in [1.54, 1.807) is 27.3 Å². The standard InChI is InChI=1S/C21H29N9O2SSi/c1-28-18(16(9-22)19-20(28)26-17(33-19)11-30-13-23-12-25-30)21(31)24-10-15-5-6-29(27-15)14-32-7-8-34(2,3)4/h5-6,9,12-13,22H,7-8,10-11,14H2,1-4H3,(H,24,31). The molecule has 0 unspecified atom stereocenters. The number of hydrogen-bond acceptors (Lipinski definition) is 8. The lowest BCUT2D eigenvalue weighted by molar-refractivity contribution is 0.0782. The second-order valence-electron chi connectivity index (χ2n) is 9.20. The van der Waals surface area contributed by atoms with Crippen LogP contribution in [0, 0.1) is 5.41 Å². The smallest absolute Gasteiger partial charge is 0.269 e. The third kappa shape index (κ3) is 5.48. The lowest BCUT2D eigenvalue weighted by Gasteiger charge is -2.15. The molecular formula is C21H29N9O2SSi. The molecule has 0 atom stereocenters. The Morgan fingerprint density at radius 3 is 2.85 bits per heavy atom. The van der Waals surface area contributed by atoms with Crippen LogP contribution in [0.1, 0.15) is 26.8 Å². The first-order chi connectivity index (χ1) is 16.2. The molecular weight excluding hydrogens is 470 g/mol. The molecule has 0 aliphatic heterocycles. The van der Waals surface area contributed by atoms with Crippen LogP contribution in [0.3, 0.4) is 0 Å². The third-order valence-corrected chi connectivity index (χ3v) is 8.04. The van der Waals surface area contributed by atoms with Crippen molar-refractivity contribution >= 4 is 41.9 Å². The van der Waals surface area contributed by atoms with Gasteiger partial charge in [-0.25, -0.2) is 19.3 Å². The number of aromatic nitrogens is 7. The van der Waals surface area contributed by atoms with Gasteiger partial charge in [-0.15, -0.1) is 11.3 Å². The fourth-order valence-electron chi connectivity index (χ4n) is 3.44. The van der Waals surface area contributed by atoms with Crippen LogP contribution in [0.25, 0.3) is 10.3 Å². The van der Waals surface area contributed by atoms with Crippen LogP contribution < -0.4 is 5.32 Å². The maximum absolute atomic E-state index is 13.0. The van der Waals surface area contributed by atoms with Crippen molar-refractivity contribution < 1.29 is 9.53 Å². The number of fused-ring (bicyclic) bond motifs is 1. The third-order valence-electron chi connectivity index (χ3n) is 5.28. The van der Waals surface area contributed by atoms with Crippen molar-refractivity contribution in [1.29, 1.82) is 5.41 Å². The van der Waals surface area contributed by atoms with Crippen molar-refractivity contribution in [2.45, 2.75) is 45.5 Å². The van der Waals surface area contributed by atoms with Crippen LogP contribution in [0.2, 0.25) is 25.7 Å². The Hall–Kier alpha value is -3.16. The summed E-state index contributed by atoms with van der Waals surface area (Å²) in [4.78, 5) is 21.6. The van der Waals surface area contributed by atoms with Crippen molar-refractivity contribution in [3.63, 3.8) is 0 Å². The van der Waals surface area contributed by atoms with E-state index in [9.17, 15) is 4.79 Å². The predicted molar refractivity (Wildman–Crippen MR) is 133 cm³/mol. The maximum Gasteiger partial charge on any atom is 0.269 e. The van der Waals surface area contributed by atoms with Crippen molar-refractivity contribution in [1.82, 2.24) is 39.4 Å². The zero-order valence-corrected chi connectivity index (χ0v) is 21.6. The lowest BCUT2D eigenvalue weighted by Crippen LogP contribution is -2.26. The molecule has 180 valence electrons. The molecule has 0 aliphatic carbocycles. The van der Waals surface area contributed by atoms with Crippen LogP contribution >= 0.6 is 11.3 Å². The molecule has 0 bridgehead atoms. The first-order valence-electron chi connectivity index (χ1n) is 10.9. The largest absolute Gasteiger partial charge is 0.360 e. The molecule has 34 heavy (non-hydrogen) atoms. The molecule has 13 heteroatoms. The Morgan fingerprint density at radius 2 is 2.15 bits per heavy atom. The van der Waals surface area contributed by atoms with Gasteiger partial charge in [-0.3, -0.25) is 4.79 Å². The van der Waals surface area contributed by atoms with E-state index in [4.69, 9.17) is 10.1 Å². The molecule has 0 radical (unpaired) electrons. The number of aryl methyl sites for hydroxylation is 1. The summed E-state index contributed by atoms with van der Waals surface area (Å²) in [6.07, 6.45) is 6.16. The van der Waals surface area contributed by atoms with E-state index in [2.05, 4.69) is 45.1 Å². The number of thiazole rings is 1. The molecule has 1 amide bonds. The van der Waals surface area contributed by atoms with Gasteiger partial charge in [0.05, 0.1) is 23.5 Å². The van der Waals surface area contributed by atoms with E-state index in [-0.39, 0.29) is 12.5 Å². The Kier molecular flexibility index (Phi) is 7.04. The second kappa shape index (κ2) is 9.99. The zero-order valence-electron chi connectivity index (χ0n) is 19.8. The van der Waals surface area contributed by atoms with Crippen molar-refractivity contribution in [2.24, 2.45) is 7.05 Å². The number of nitrogens with one attached hydrogen (secondary N) is 2. The Bertz CT molecular complexity index is 1280. The van der Waals surface area contributed by atoms with Crippen LogP contribution in [0.5, 0.6) is 0 Å². The minimum atomic E-state index is -1.12. The average Bonchev–Trinajstić information content (AvgIpc) is 3.56. The summed E-state index contributed by atoms with van der Waals surface area (Å²) in [6, 6.07) is 2.97. The van der Waals surface area contributed by atoms with Crippen LogP contribution in [-0.2, 0) is 31.6 Å². The monoisotopic (exact) mass is 499 g/mol. The first kappa shape index (κ1) is 24.0. The summed E-state index contributed by atoms with van der Waals surface area (Å²) in [5, 5.41) is 20.2. The molecule has 0 aliphatic rings. The summed E-state index contributed by atoms with van der Waals surface area (Å²) < 4.78 is 11.7. The summed E-state index contributed by atoms with van der Waals surface area (Å²) in [6.45, 7) is 8.85. The summed E-state index contributed by atoms with van der Waals surface area (Å²) >= 11 is 1.45. The number of carbonyl (C=O) groups is 1. The van der Waals surface area contributed by atoms with Gasteiger partial charge in [-0.1, -0.05) is 19.6 Å². The molecule has 0 fully saturated rings. The van der Waals surface area contributed by atoms with E-state index < -0.39 is 8.07 Å². The predicted octanol–water partition coefficient (Wildman–Crippen LogP) is 2.71. The van der Waals surface area contributed by atoms with Gasteiger partial charge < -0.3 is 20.0 Å². The van der Waals surface area contributed by atoms with Crippen molar-refractivity contribution in [3.8, 4) is 0 Å². The second-order valence-corrected chi connectivity index (χ2v) is 15.9. The van der Waals surface area contributed by atoms with E-state index in [0.717, 1.165) is 28.1 Å². The van der Waals surface area contributed by atoms with E-state index in [1.165, 1.54) is 23.9 Å². The van der Waals surface area contributed by atoms with E-state index >= 15 is 0 Å². The highest BCUT2D eigenvalue weighted by molar-refractivity contribution is 7.19. The van der Waals surface area contributed by atoms with E-state index in [0.29, 0.717) is 30.2 Å².